The Morgan fingerprint density at radius 3 is 1.85 bits per heavy atom. The van der Waals surface area contributed by atoms with Crippen LogP contribution in [-0.2, 0) is 0 Å². The summed E-state index contributed by atoms with van der Waals surface area (Å²) in [4.78, 5) is 4.57. The first kappa shape index (κ1) is 21.1. The van der Waals surface area contributed by atoms with Gasteiger partial charge in [0, 0.05) is 5.71 Å². The lowest BCUT2D eigenvalue weighted by molar-refractivity contribution is 1.44. The third-order valence-corrected chi connectivity index (χ3v) is 3.76. The zero-order valence-electron chi connectivity index (χ0n) is 16.4. The van der Waals surface area contributed by atoms with E-state index in [1.165, 1.54) is 5.56 Å². The molecule has 0 aliphatic rings. The number of aryl methyl sites for hydroxylation is 1. The lowest BCUT2D eigenvalue weighted by atomic mass is 10.1. The third kappa shape index (κ3) is 8.79. The molecule has 0 unspecified atom stereocenters. The van der Waals surface area contributed by atoms with Crippen molar-refractivity contribution in [3.63, 3.8) is 0 Å². The first-order chi connectivity index (χ1) is 12.4. The van der Waals surface area contributed by atoms with E-state index in [2.05, 4.69) is 44.1 Å². The van der Waals surface area contributed by atoms with Crippen molar-refractivity contribution in [2.24, 2.45) is 4.99 Å². The maximum atomic E-state index is 4.57. The number of hydrogen-bond donors (Lipinski definition) is 0. The lowest BCUT2D eigenvalue weighted by Crippen LogP contribution is -1.91. The first-order valence-electron chi connectivity index (χ1n) is 8.72. The average molecular weight is 344 g/mol. The molecular weight excluding hydrogens is 314 g/mol. The van der Waals surface area contributed by atoms with Crippen LogP contribution >= 0.6 is 0 Å². The fraction of sp³-hybridized carbons (Fsp3) is 0.160. The highest BCUT2D eigenvalue weighted by molar-refractivity contribution is 5.99. The minimum absolute atomic E-state index is 0.946. The van der Waals surface area contributed by atoms with Gasteiger partial charge in [-0.2, -0.15) is 0 Å². The predicted molar refractivity (Wildman–Crippen MR) is 117 cm³/mol. The van der Waals surface area contributed by atoms with Crippen LogP contribution in [0.2, 0.25) is 0 Å². The molecule has 0 saturated carbocycles. The standard InChI is InChI=1S/C18H21N.C7H8/c1-14(2)15(3)10-9-11-16(4)17(5)19-18-12-7-6-8-13-18;1-7-5-3-2-4-6-7/h6-13H,1,3H2,2,4-5H3;2-6H,1H3/b10-9-,16-11+,19-17?;. The summed E-state index contributed by atoms with van der Waals surface area (Å²) in [6.07, 6.45) is 5.98. The first-order valence-corrected chi connectivity index (χ1v) is 8.72. The maximum Gasteiger partial charge on any atom is 0.0632 e. The summed E-state index contributed by atoms with van der Waals surface area (Å²) in [6.45, 7) is 15.9. The van der Waals surface area contributed by atoms with Gasteiger partial charge in [-0.3, -0.25) is 4.99 Å². The zero-order valence-corrected chi connectivity index (χ0v) is 16.4. The van der Waals surface area contributed by atoms with E-state index >= 15 is 0 Å². The molecule has 26 heavy (non-hydrogen) atoms. The van der Waals surface area contributed by atoms with Crippen molar-refractivity contribution in [3.8, 4) is 0 Å². The number of para-hydroxylation sites is 1. The van der Waals surface area contributed by atoms with E-state index in [0.29, 0.717) is 0 Å². The number of benzene rings is 2. The number of hydrogen-bond acceptors (Lipinski definition) is 1. The molecular formula is C25H29N. The Labute approximate surface area is 158 Å². The van der Waals surface area contributed by atoms with Crippen molar-refractivity contribution in [3.05, 3.63) is 114 Å². The van der Waals surface area contributed by atoms with Crippen molar-refractivity contribution in [1.82, 2.24) is 0 Å². The highest BCUT2D eigenvalue weighted by Crippen LogP contribution is 2.13. The van der Waals surface area contributed by atoms with E-state index in [1.807, 2.05) is 80.6 Å². The average Bonchev–Trinajstić information content (AvgIpc) is 2.63. The second kappa shape index (κ2) is 11.6. The number of nitrogens with zero attached hydrogens (tertiary/aromatic N) is 1. The van der Waals surface area contributed by atoms with Crippen molar-refractivity contribution < 1.29 is 0 Å². The van der Waals surface area contributed by atoms with Crippen LogP contribution in [0.15, 0.2) is 114 Å². The second-order valence-corrected chi connectivity index (χ2v) is 6.20. The van der Waals surface area contributed by atoms with Crippen LogP contribution in [0.5, 0.6) is 0 Å². The van der Waals surface area contributed by atoms with Crippen molar-refractivity contribution in [2.75, 3.05) is 0 Å². The Morgan fingerprint density at radius 1 is 0.846 bits per heavy atom. The summed E-state index contributed by atoms with van der Waals surface area (Å²) in [5.74, 6) is 0. The molecule has 0 amide bonds. The van der Waals surface area contributed by atoms with Gasteiger partial charge in [-0.1, -0.05) is 91.1 Å². The highest BCUT2D eigenvalue weighted by Gasteiger charge is 1.94. The molecule has 2 rings (SSSR count). The van der Waals surface area contributed by atoms with Crippen LogP contribution in [0.4, 0.5) is 5.69 Å². The van der Waals surface area contributed by atoms with Crippen molar-refractivity contribution in [1.29, 1.82) is 0 Å². The Hall–Kier alpha value is -2.93. The van der Waals surface area contributed by atoms with Gasteiger partial charge < -0.3 is 0 Å². The van der Waals surface area contributed by atoms with Crippen LogP contribution < -0.4 is 0 Å². The van der Waals surface area contributed by atoms with Gasteiger partial charge in [-0.05, 0) is 51.0 Å². The van der Waals surface area contributed by atoms with Gasteiger partial charge in [0.15, 0.2) is 0 Å². The maximum absolute atomic E-state index is 4.57. The quantitative estimate of drug-likeness (QED) is 0.396. The van der Waals surface area contributed by atoms with Crippen LogP contribution in [0, 0.1) is 6.92 Å². The molecule has 2 aromatic rings. The summed E-state index contributed by atoms with van der Waals surface area (Å²) < 4.78 is 0. The summed E-state index contributed by atoms with van der Waals surface area (Å²) in [6, 6.07) is 20.2. The molecule has 0 bridgehead atoms. The molecule has 0 aliphatic heterocycles. The van der Waals surface area contributed by atoms with Gasteiger partial charge in [-0.25, -0.2) is 0 Å². The summed E-state index contributed by atoms with van der Waals surface area (Å²) >= 11 is 0. The fourth-order valence-corrected chi connectivity index (χ4v) is 1.89. The van der Waals surface area contributed by atoms with Gasteiger partial charge >= 0.3 is 0 Å². The second-order valence-electron chi connectivity index (χ2n) is 6.20. The number of rotatable bonds is 5. The van der Waals surface area contributed by atoms with E-state index < -0.39 is 0 Å². The topological polar surface area (TPSA) is 12.4 Å². The molecule has 0 spiro atoms. The van der Waals surface area contributed by atoms with Crippen LogP contribution in [0.1, 0.15) is 26.3 Å². The van der Waals surface area contributed by atoms with Crippen molar-refractivity contribution in [2.45, 2.75) is 27.7 Å². The SMILES string of the molecule is C=C(C)C(=C)/C=C\C=C(/C)C(C)=Nc1ccccc1.Cc1ccccc1. The molecule has 0 aromatic heterocycles. The van der Waals surface area contributed by atoms with Crippen molar-refractivity contribution >= 4 is 11.4 Å². The third-order valence-electron chi connectivity index (χ3n) is 3.76. The summed E-state index contributed by atoms with van der Waals surface area (Å²) in [7, 11) is 0. The molecule has 0 fully saturated rings. The molecule has 0 atom stereocenters. The Morgan fingerprint density at radius 2 is 1.38 bits per heavy atom. The Bertz CT molecular complexity index is 791. The summed E-state index contributed by atoms with van der Waals surface area (Å²) in [5.41, 5.74) is 6.37. The van der Waals surface area contributed by atoms with Gasteiger partial charge in [0.25, 0.3) is 0 Å². The number of allylic oxidation sites excluding steroid dienone is 6. The van der Waals surface area contributed by atoms with E-state index in [-0.39, 0.29) is 0 Å². The highest BCUT2D eigenvalue weighted by atomic mass is 14.7. The van der Waals surface area contributed by atoms with E-state index in [1.54, 1.807) is 0 Å². The Kier molecular flexibility index (Phi) is 9.42. The predicted octanol–water partition coefficient (Wildman–Crippen LogP) is 7.41. The number of aliphatic imine (C=N–C) groups is 1. The van der Waals surface area contributed by atoms with Crippen LogP contribution in [0.3, 0.4) is 0 Å². The molecule has 0 aliphatic carbocycles. The minimum atomic E-state index is 0.946. The van der Waals surface area contributed by atoms with Gasteiger partial charge in [-0.15, -0.1) is 0 Å². The largest absolute Gasteiger partial charge is 0.253 e. The van der Waals surface area contributed by atoms with Gasteiger partial charge in [0.1, 0.15) is 0 Å². The van der Waals surface area contributed by atoms with Crippen LogP contribution in [0.25, 0.3) is 0 Å². The van der Waals surface area contributed by atoms with Gasteiger partial charge in [0.05, 0.1) is 5.69 Å². The Balaban J connectivity index is 0.000000401. The molecule has 2 aromatic carbocycles. The van der Waals surface area contributed by atoms with E-state index in [9.17, 15) is 0 Å². The molecule has 0 heterocycles. The molecule has 0 saturated heterocycles. The molecule has 134 valence electrons. The fourth-order valence-electron chi connectivity index (χ4n) is 1.89. The minimum Gasteiger partial charge on any atom is -0.253 e. The molecule has 1 nitrogen and oxygen atoms in total. The van der Waals surface area contributed by atoms with Crippen LogP contribution in [-0.4, -0.2) is 5.71 Å². The molecule has 0 radical (unpaired) electrons. The molecule has 0 N–H and O–H groups in total. The van der Waals surface area contributed by atoms with Gasteiger partial charge in [0.2, 0.25) is 0 Å². The van der Waals surface area contributed by atoms with E-state index in [4.69, 9.17) is 0 Å². The zero-order chi connectivity index (χ0) is 19.4. The normalized spacial score (nSPS) is 11.7. The lowest BCUT2D eigenvalue weighted by Gasteiger charge is -2.00. The molecule has 1 heteroatoms. The summed E-state index contributed by atoms with van der Waals surface area (Å²) in [5, 5.41) is 0. The monoisotopic (exact) mass is 343 g/mol. The van der Waals surface area contributed by atoms with E-state index in [0.717, 1.165) is 28.1 Å². The smallest absolute Gasteiger partial charge is 0.0632 e.